The summed E-state index contributed by atoms with van der Waals surface area (Å²) in [6, 6.07) is 8.78. The molecule has 0 aliphatic heterocycles. The van der Waals surface area contributed by atoms with Crippen LogP contribution < -0.4 is 10.6 Å². The number of amides is 1. The minimum atomic E-state index is -0.519. The third kappa shape index (κ3) is 3.64. The van der Waals surface area contributed by atoms with Crippen molar-refractivity contribution in [3.63, 3.8) is 0 Å². The molecule has 0 unspecified atom stereocenters. The maximum Gasteiger partial charge on any atom is 0.257 e. The maximum absolute atomic E-state index is 13.1. The van der Waals surface area contributed by atoms with Gasteiger partial charge in [-0.3, -0.25) is 10.1 Å². The number of thiocarbonyl (C=S) groups is 1. The molecule has 122 valence electrons. The lowest BCUT2D eigenvalue weighted by Gasteiger charge is -2.07. The Bertz CT molecular complexity index is 961. The van der Waals surface area contributed by atoms with Crippen molar-refractivity contribution in [3.05, 3.63) is 57.8 Å². The van der Waals surface area contributed by atoms with Gasteiger partial charge in [0.15, 0.2) is 10.2 Å². The van der Waals surface area contributed by atoms with E-state index in [0.717, 1.165) is 10.8 Å². The van der Waals surface area contributed by atoms with E-state index in [1.165, 1.54) is 29.5 Å². The second-order valence-corrected chi connectivity index (χ2v) is 6.87. The number of nitrogens with one attached hydrogen (secondary N) is 2. The Morgan fingerprint density at radius 2 is 2.04 bits per heavy atom. The molecule has 9 heteroatoms. The van der Waals surface area contributed by atoms with Crippen molar-refractivity contribution < 1.29 is 9.18 Å². The molecule has 2 N–H and O–H groups in total. The van der Waals surface area contributed by atoms with Crippen molar-refractivity contribution in [3.8, 4) is 0 Å². The number of benzene rings is 2. The van der Waals surface area contributed by atoms with Gasteiger partial charge in [-0.2, -0.15) is 0 Å². The lowest BCUT2D eigenvalue weighted by Crippen LogP contribution is -2.34. The molecule has 0 fully saturated rings. The minimum Gasteiger partial charge on any atom is -0.308 e. The summed E-state index contributed by atoms with van der Waals surface area (Å²) in [6.07, 6.45) is 0. The molecule has 3 aromatic rings. The molecule has 0 bridgehead atoms. The van der Waals surface area contributed by atoms with Crippen LogP contribution in [0.3, 0.4) is 0 Å². The number of aromatic nitrogens is 1. The van der Waals surface area contributed by atoms with E-state index in [1.807, 2.05) is 0 Å². The van der Waals surface area contributed by atoms with Gasteiger partial charge in [-0.1, -0.05) is 40.6 Å². The molecule has 1 aromatic heterocycles. The highest BCUT2D eigenvalue weighted by Gasteiger charge is 2.13. The molecule has 2 aromatic carbocycles. The lowest BCUT2D eigenvalue weighted by molar-refractivity contribution is 0.0977. The molecule has 0 spiro atoms. The summed E-state index contributed by atoms with van der Waals surface area (Å²) < 4.78 is 14.0. The Hall–Kier alpha value is -1.80. The van der Waals surface area contributed by atoms with E-state index in [-0.39, 0.29) is 10.7 Å². The summed E-state index contributed by atoms with van der Waals surface area (Å²) >= 11 is 18.4. The third-order valence-electron chi connectivity index (χ3n) is 2.99. The second-order valence-electron chi connectivity index (χ2n) is 4.65. The summed E-state index contributed by atoms with van der Waals surface area (Å²) in [6.45, 7) is 0. The Kier molecular flexibility index (Phi) is 4.96. The molecule has 0 aliphatic rings. The van der Waals surface area contributed by atoms with Gasteiger partial charge < -0.3 is 5.32 Å². The Morgan fingerprint density at radius 3 is 2.79 bits per heavy atom. The van der Waals surface area contributed by atoms with Crippen LogP contribution in [0.2, 0.25) is 10.0 Å². The lowest BCUT2D eigenvalue weighted by atomic mass is 10.2. The highest BCUT2D eigenvalue weighted by atomic mass is 35.5. The fourth-order valence-electron chi connectivity index (χ4n) is 1.92. The fraction of sp³-hybridized carbons (Fsp3) is 0. The van der Waals surface area contributed by atoms with Crippen molar-refractivity contribution in [2.45, 2.75) is 0 Å². The molecule has 0 aliphatic carbocycles. The average Bonchev–Trinajstić information content (AvgIpc) is 2.94. The largest absolute Gasteiger partial charge is 0.308 e. The van der Waals surface area contributed by atoms with Gasteiger partial charge in [-0.25, -0.2) is 9.37 Å². The monoisotopic (exact) mass is 399 g/mol. The highest BCUT2D eigenvalue weighted by Crippen LogP contribution is 2.35. The van der Waals surface area contributed by atoms with E-state index in [0.29, 0.717) is 20.7 Å². The first kappa shape index (κ1) is 17.0. The molecule has 0 saturated carbocycles. The van der Waals surface area contributed by atoms with Gasteiger partial charge >= 0.3 is 0 Å². The minimum absolute atomic E-state index is 0.0468. The van der Waals surface area contributed by atoms with Crippen LogP contribution in [0.5, 0.6) is 0 Å². The normalized spacial score (nSPS) is 10.6. The number of fused-ring (bicyclic) bond motifs is 1. The molecule has 0 saturated heterocycles. The summed E-state index contributed by atoms with van der Waals surface area (Å²) in [7, 11) is 0. The molecule has 0 radical (unpaired) electrons. The van der Waals surface area contributed by atoms with Gasteiger partial charge in [0.05, 0.1) is 14.7 Å². The molecule has 1 heterocycles. The van der Waals surface area contributed by atoms with Gasteiger partial charge in [-0.05, 0) is 42.5 Å². The molecular weight excluding hydrogens is 392 g/mol. The Balaban J connectivity index is 1.73. The van der Waals surface area contributed by atoms with Crippen LogP contribution in [0.4, 0.5) is 9.52 Å². The highest BCUT2D eigenvalue weighted by molar-refractivity contribution is 7.80. The summed E-state index contributed by atoms with van der Waals surface area (Å²) in [4.78, 5) is 16.3. The number of rotatable bonds is 2. The molecule has 3 rings (SSSR count). The van der Waals surface area contributed by atoms with Crippen LogP contribution in [-0.4, -0.2) is 16.0 Å². The van der Waals surface area contributed by atoms with E-state index in [1.54, 1.807) is 12.1 Å². The summed E-state index contributed by atoms with van der Waals surface area (Å²) in [5.41, 5.74) is 0.717. The van der Waals surface area contributed by atoms with E-state index in [4.69, 9.17) is 35.4 Å². The smallest absolute Gasteiger partial charge is 0.257 e. The molecule has 0 atom stereocenters. The van der Waals surface area contributed by atoms with Crippen molar-refractivity contribution in [1.82, 2.24) is 10.3 Å². The van der Waals surface area contributed by atoms with Crippen molar-refractivity contribution in [1.29, 1.82) is 0 Å². The van der Waals surface area contributed by atoms with Crippen LogP contribution in [0.15, 0.2) is 36.4 Å². The molecule has 4 nitrogen and oxygen atoms in total. The van der Waals surface area contributed by atoms with E-state index < -0.39 is 11.7 Å². The van der Waals surface area contributed by atoms with Crippen LogP contribution in [0.1, 0.15) is 10.4 Å². The van der Waals surface area contributed by atoms with E-state index in [2.05, 4.69) is 15.6 Å². The first-order valence-electron chi connectivity index (χ1n) is 6.56. The topological polar surface area (TPSA) is 54.0 Å². The number of hydrogen-bond donors (Lipinski definition) is 2. The number of anilines is 1. The summed E-state index contributed by atoms with van der Waals surface area (Å²) in [5, 5.41) is 6.53. The number of nitrogens with zero attached hydrogens (tertiary/aromatic N) is 1. The Labute approximate surface area is 155 Å². The average molecular weight is 400 g/mol. The van der Waals surface area contributed by atoms with Crippen LogP contribution in [0.25, 0.3) is 10.2 Å². The predicted molar refractivity (Wildman–Crippen MR) is 99.7 cm³/mol. The number of thiazole rings is 1. The van der Waals surface area contributed by atoms with Gasteiger partial charge in [0.1, 0.15) is 11.3 Å². The van der Waals surface area contributed by atoms with Gasteiger partial charge in [0.25, 0.3) is 5.91 Å². The number of carbonyl (C=O) groups is 1. The predicted octanol–water partition coefficient (Wildman–Crippen LogP) is 4.87. The standard InChI is InChI=1S/C15H8Cl2FN3OS2/c16-9-4-5-10-12(11(9)17)19-15(24-10)21-14(23)20-13(22)7-2-1-3-8(18)6-7/h1-6H,(H2,19,20,21,22,23). The zero-order valence-electron chi connectivity index (χ0n) is 11.8. The van der Waals surface area contributed by atoms with Crippen LogP contribution in [-0.2, 0) is 0 Å². The van der Waals surface area contributed by atoms with Crippen molar-refractivity contribution in [2.75, 3.05) is 5.32 Å². The first-order chi connectivity index (χ1) is 11.4. The second kappa shape index (κ2) is 6.98. The SMILES string of the molecule is O=C(NC(=S)Nc1nc2c(Cl)c(Cl)ccc2s1)c1cccc(F)c1. The summed E-state index contributed by atoms with van der Waals surface area (Å²) in [5.74, 6) is -1.02. The first-order valence-corrected chi connectivity index (χ1v) is 8.54. The zero-order chi connectivity index (χ0) is 17.3. The van der Waals surface area contributed by atoms with Crippen molar-refractivity contribution in [2.24, 2.45) is 0 Å². The van der Waals surface area contributed by atoms with Gasteiger partial charge in [-0.15, -0.1) is 0 Å². The van der Waals surface area contributed by atoms with Crippen LogP contribution >= 0.6 is 46.8 Å². The number of hydrogen-bond acceptors (Lipinski definition) is 4. The zero-order valence-corrected chi connectivity index (χ0v) is 14.9. The van der Waals surface area contributed by atoms with E-state index >= 15 is 0 Å². The third-order valence-corrected chi connectivity index (χ3v) is 4.92. The van der Waals surface area contributed by atoms with Gasteiger partial charge in [0.2, 0.25) is 0 Å². The van der Waals surface area contributed by atoms with Crippen LogP contribution in [0, 0.1) is 5.82 Å². The van der Waals surface area contributed by atoms with Gasteiger partial charge in [0, 0.05) is 5.56 Å². The number of carbonyl (C=O) groups excluding carboxylic acids is 1. The number of halogens is 3. The van der Waals surface area contributed by atoms with Crippen molar-refractivity contribution >= 4 is 73.1 Å². The maximum atomic E-state index is 13.1. The fourth-order valence-corrected chi connectivity index (χ4v) is 3.47. The molecular formula is C15H8Cl2FN3OS2. The Morgan fingerprint density at radius 1 is 1.25 bits per heavy atom. The van der Waals surface area contributed by atoms with E-state index in [9.17, 15) is 9.18 Å². The molecule has 1 amide bonds. The quantitative estimate of drug-likeness (QED) is 0.603. The molecule has 24 heavy (non-hydrogen) atoms.